The zero-order chi connectivity index (χ0) is 22.5. The van der Waals surface area contributed by atoms with E-state index in [0.717, 1.165) is 29.3 Å². The fraction of sp³-hybridized carbons (Fsp3) is 0.269. The number of aromatic nitrogens is 2. The third-order valence-electron chi connectivity index (χ3n) is 5.74. The highest BCUT2D eigenvalue weighted by Crippen LogP contribution is 2.24. The predicted octanol–water partition coefficient (Wildman–Crippen LogP) is 4.62. The van der Waals surface area contributed by atoms with Crippen LogP contribution in [-0.4, -0.2) is 40.1 Å². The number of carbonyl (C=O) groups is 1. The maximum absolute atomic E-state index is 13.0. The number of carbonyl (C=O) groups excluding carboxylic acids is 1. The number of likely N-dealkylation sites (tertiary alicyclic amines) is 1. The van der Waals surface area contributed by atoms with Gasteiger partial charge in [0.05, 0.1) is 12.7 Å². The van der Waals surface area contributed by atoms with Crippen LogP contribution in [0.4, 0.5) is 0 Å². The molecule has 0 aliphatic carbocycles. The lowest BCUT2D eigenvalue weighted by molar-refractivity contribution is -0.00699. The Morgan fingerprint density at radius 2 is 1.94 bits per heavy atom. The van der Waals surface area contributed by atoms with Gasteiger partial charge in [-0.05, 0) is 30.5 Å². The van der Waals surface area contributed by atoms with Crippen LogP contribution in [0.15, 0.2) is 77.4 Å². The molecule has 2 aromatic carbocycles. The van der Waals surface area contributed by atoms with Crippen molar-refractivity contribution in [3.63, 3.8) is 0 Å². The largest absolute Gasteiger partial charge is 0.483 e. The van der Waals surface area contributed by atoms with Gasteiger partial charge in [0.15, 0.2) is 11.5 Å². The third-order valence-corrected chi connectivity index (χ3v) is 5.74. The van der Waals surface area contributed by atoms with Crippen molar-refractivity contribution in [2.75, 3.05) is 13.1 Å². The van der Waals surface area contributed by atoms with Crippen LogP contribution in [0.25, 0.3) is 10.9 Å². The summed E-state index contributed by atoms with van der Waals surface area (Å²) in [6.45, 7) is 1.94. The molecule has 0 radical (unpaired) electrons. The number of ether oxygens (including phenoxy) is 2. The number of piperidine rings is 1. The Hall–Kier alpha value is -3.71. The molecule has 4 aromatic rings. The van der Waals surface area contributed by atoms with Gasteiger partial charge in [-0.2, -0.15) is 0 Å². The van der Waals surface area contributed by atoms with Gasteiger partial charge in [0.25, 0.3) is 5.91 Å². The van der Waals surface area contributed by atoms with Crippen LogP contribution in [0, 0.1) is 0 Å². The molecule has 1 aliphatic heterocycles. The minimum Gasteiger partial charge on any atom is -0.483 e. The molecular weight excluding hydrogens is 418 g/mol. The Kier molecular flexibility index (Phi) is 6.30. The fourth-order valence-electron chi connectivity index (χ4n) is 4.03. The van der Waals surface area contributed by atoms with Gasteiger partial charge in [-0.15, -0.1) is 0 Å². The highest BCUT2D eigenvalue weighted by atomic mass is 16.5. The van der Waals surface area contributed by atoms with E-state index in [4.69, 9.17) is 14.0 Å². The van der Waals surface area contributed by atoms with Gasteiger partial charge < -0.3 is 18.9 Å². The van der Waals surface area contributed by atoms with Gasteiger partial charge in [0.2, 0.25) is 0 Å². The third kappa shape index (κ3) is 5.04. The van der Waals surface area contributed by atoms with Crippen molar-refractivity contribution in [1.29, 1.82) is 0 Å². The normalized spacial score (nSPS) is 16.1. The lowest BCUT2D eigenvalue weighted by atomic mass is 10.1. The Morgan fingerprint density at radius 1 is 1.06 bits per heavy atom. The van der Waals surface area contributed by atoms with Gasteiger partial charge >= 0.3 is 0 Å². The molecular formula is C26H25N3O4. The molecule has 1 amide bonds. The molecule has 33 heavy (non-hydrogen) atoms. The first-order valence-electron chi connectivity index (χ1n) is 11.1. The lowest BCUT2D eigenvalue weighted by Crippen LogP contribution is -2.43. The Labute approximate surface area is 191 Å². The van der Waals surface area contributed by atoms with Crippen LogP contribution in [0.5, 0.6) is 5.75 Å². The summed E-state index contributed by atoms with van der Waals surface area (Å²) < 4.78 is 17.3. The molecule has 0 spiro atoms. The number of hydrogen-bond donors (Lipinski definition) is 0. The van der Waals surface area contributed by atoms with E-state index in [1.165, 1.54) is 0 Å². The summed E-state index contributed by atoms with van der Waals surface area (Å²) in [6.07, 6.45) is 3.58. The molecule has 1 unspecified atom stereocenters. The monoisotopic (exact) mass is 443 g/mol. The smallest absolute Gasteiger partial charge is 0.276 e. The molecule has 2 aromatic heterocycles. The maximum Gasteiger partial charge on any atom is 0.276 e. The van der Waals surface area contributed by atoms with Crippen molar-refractivity contribution in [3.8, 4) is 5.75 Å². The number of hydrogen-bond acceptors (Lipinski definition) is 6. The summed E-state index contributed by atoms with van der Waals surface area (Å²) in [5, 5.41) is 4.98. The molecule has 1 aliphatic rings. The number of nitrogens with zero attached hydrogens (tertiary/aromatic N) is 3. The number of para-hydroxylation sites is 1. The van der Waals surface area contributed by atoms with E-state index in [-0.39, 0.29) is 24.3 Å². The second-order valence-electron chi connectivity index (χ2n) is 8.11. The van der Waals surface area contributed by atoms with Crippen LogP contribution < -0.4 is 4.74 Å². The maximum atomic E-state index is 13.0. The molecule has 7 heteroatoms. The quantitative estimate of drug-likeness (QED) is 0.415. The van der Waals surface area contributed by atoms with E-state index in [2.05, 4.69) is 10.1 Å². The van der Waals surface area contributed by atoms with Crippen LogP contribution in [0.2, 0.25) is 0 Å². The van der Waals surface area contributed by atoms with Gasteiger partial charge in [0, 0.05) is 30.7 Å². The molecule has 0 N–H and O–H groups in total. The summed E-state index contributed by atoms with van der Waals surface area (Å²) in [5.74, 6) is 0.997. The molecule has 1 saturated heterocycles. The van der Waals surface area contributed by atoms with Gasteiger partial charge in [-0.3, -0.25) is 9.78 Å². The molecule has 3 heterocycles. The van der Waals surface area contributed by atoms with Crippen molar-refractivity contribution >= 4 is 16.8 Å². The van der Waals surface area contributed by atoms with E-state index in [0.29, 0.717) is 31.2 Å². The van der Waals surface area contributed by atoms with E-state index < -0.39 is 0 Å². The summed E-state index contributed by atoms with van der Waals surface area (Å²) in [6, 6.07) is 21.3. The summed E-state index contributed by atoms with van der Waals surface area (Å²) in [7, 11) is 0. The zero-order valence-electron chi connectivity index (χ0n) is 18.2. The first-order chi connectivity index (χ1) is 16.3. The number of fused-ring (bicyclic) bond motifs is 1. The van der Waals surface area contributed by atoms with Crippen LogP contribution in [0.1, 0.15) is 34.7 Å². The van der Waals surface area contributed by atoms with Crippen molar-refractivity contribution in [1.82, 2.24) is 15.0 Å². The average Bonchev–Trinajstić information content (AvgIpc) is 3.35. The topological polar surface area (TPSA) is 77.7 Å². The second-order valence-corrected chi connectivity index (χ2v) is 8.11. The van der Waals surface area contributed by atoms with E-state index in [1.54, 1.807) is 17.2 Å². The van der Waals surface area contributed by atoms with E-state index >= 15 is 0 Å². The fourth-order valence-corrected chi connectivity index (χ4v) is 4.03. The highest BCUT2D eigenvalue weighted by molar-refractivity contribution is 5.92. The van der Waals surface area contributed by atoms with Crippen molar-refractivity contribution < 1.29 is 18.8 Å². The molecule has 5 rings (SSSR count). The Balaban J connectivity index is 1.18. The minimum atomic E-state index is -0.148. The van der Waals surface area contributed by atoms with Crippen LogP contribution in [0.3, 0.4) is 0 Å². The summed E-state index contributed by atoms with van der Waals surface area (Å²) in [5.41, 5.74) is 2.20. The lowest BCUT2D eigenvalue weighted by Gasteiger charge is -2.32. The molecule has 0 saturated carbocycles. The average molecular weight is 444 g/mol. The first-order valence-corrected chi connectivity index (χ1v) is 11.1. The van der Waals surface area contributed by atoms with Crippen LogP contribution >= 0.6 is 0 Å². The van der Waals surface area contributed by atoms with Gasteiger partial charge in [0.1, 0.15) is 17.9 Å². The van der Waals surface area contributed by atoms with Gasteiger partial charge in [-0.25, -0.2) is 0 Å². The van der Waals surface area contributed by atoms with Gasteiger partial charge in [-0.1, -0.05) is 53.7 Å². The summed E-state index contributed by atoms with van der Waals surface area (Å²) in [4.78, 5) is 19.2. The van der Waals surface area contributed by atoms with Crippen molar-refractivity contribution in [2.24, 2.45) is 0 Å². The molecule has 1 atom stereocenters. The molecule has 1 fully saturated rings. The second kappa shape index (κ2) is 9.83. The molecule has 168 valence electrons. The molecule has 7 nitrogen and oxygen atoms in total. The number of pyridine rings is 1. The van der Waals surface area contributed by atoms with Crippen molar-refractivity contribution in [2.45, 2.75) is 32.2 Å². The number of rotatable bonds is 7. The highest BCUT2D eigenvalue weighted by Gasteiger charge is 2.27. The number of amides is 1. The Morgan fingerprint density at radius 3 is 2.85 bits per heavy atom. The molecule has 0 bridgehead atoms. The van der Waals surface area contributed by atoms with Crippen molar-refractivity contribution in [3.05, 3.63) is 89.9 Å². The SMILES string of the molecule is O=C(c1cc(COc2cccc3cccnc23)on1)N1CCCC(OCc2ccccc2)C1. The van der Waals surface area contributed by atoms with E-state index in [1.807, 2.05) is 60.7 Å². The first kappa shape index (κ1) is 21.2. The number of benzene rings is 2. The standard InChI is InChI=1S/C26H25N3O4/c30-26(29-14-6-11-21(16-29)31-17-19-7-2-1-3-8-19)23-15-22(33-28-23)18-32-24-12-4-9-20-10-5-13-27-25(20)24/h1-5,7-10,12-13,15,21H,6,11,14,16-18H2. The van der Waals surface area contributed by atoms with Crippen LogP contribution in [-0.2, 0) is 18.0 Å². The minimum absolute atomic E-state index is 0.0106. The van der Waals surface area contributed by atoms with E-state index in [9.17, 15) is 4.79 Å². The summed E-state index contributed by atoms with van der Waals surface area (Å²) >= 11 is 0. The predicted molar refractivity (Wildman–Crippen MR) is 123 cm³/mol. The Bertz CT molecular complexity index is 1220. The zero-order valence-corrected chi connectivity index (χ0v) is 18.2.